The van der Waals surface area contributed by atoms with E-state index in [0.29, 0.717) is 51.5 Å². The van der Waals surface area contributed by atoms with E-state index in [2.05, 4.69) is 22.5 Å². The molecule has 3 aliphatic carbocycles. The number of carboxylic acids is 1. The molecule has 0 bridgehead atoms. The van der Waals surface area contributed by atoms with Crippen LogP contribution in [0, 0.1) is 17.8 Å². The molecule has 4 N–H and O–H groups in total. The number of anilines is 1. The van der Waals surface area contributed by atoms with Crippen molar-refractivity contribution in [3.05, 3.63) is 40.8 Å². The van der Waals surface area contributed by atoms with Gasteiger partial charge < -0.3 is 40.2 Å². The van der Waals surface area contributed by atoms with Gasteiger partial charge in [0.25, 0.3) is 5.92 Å². The molecule has 5 fully saturated rings. The van der Waals surface area contributed by atoms with Gasteiger partial charge in [0.15, 0.2) is 5.13 Å². The summed E-state index contributed by atoms with van der Waals surface area (Å²) in [7, 11) is 1.62. The van der Waals surface area contributed by atoms with E-state index < -0.39 is 59.6 Å². The van der Waals surface area contributed by atoms with Crippen molar-refractivity contribution in [2.24, 2.45) is 17.8 Å². The second kappa shape index (κ2) is 17.3. The summed E-state index contributed by atoms with van der Waals surface area (Å²) in [4.78, 5) is 66.9. The van der Waals surface area contributed by atoms with Gasteiger partial charge in [-0.1, -0.05) is 31.5 Å². The molecule has 1 aromatic carbocycles. The monoisotopic (exact) mass is 913 g/mol. The fraction of sp³-hybridized carbons (Fsp3) is 0.591. The van der Waals surface area contributed by atoms with Gasteiger partial charge >= 0.3 is 12.1 Å². The number of thiazole rings is 1. The molecule has 15 nitrogen and oxygen atoms in total. The number of carbonyl (C=O) groups excluding carboxylic acids is 3. The van der Waals surface area contributed by atoms with Crippen molar-refractivity contribution < 1.29 is 47.3 Å². The van der Waals surface area contributed by atoms with Crippen molar-refractivity contribution in [1.29, 1.82) is 0 Å². The molecular weight excluding hydrogens is 860 g/mol. The van der Waals surface area contributed by atoms with E-state index in [-0.39, 0.29) is 73.3 Å². The van der Waals surface area contributed by atoms with Crippen molar-refractivity contribution in [3.63, 3.8) is 0 Å². The third-order valence-corrected chi connectivity index (χ3v) is 14.2. The van der Waals surface area contributed by atoms with Crippen molar-refractivity contribution in [1.82, 2.24) is 30.4 Å². The average molecular weight is 914 g/mol. The number of likely N-dealkylation sites (tertiary alicyclic amines) is 2. The van der Waals surface area contributed by atoms with Gasteiger partial charge in [-0.15, -0.1) is 11.3 Å². The van der Waals surface area contributed by atoms with Crippen molar-refractivity contribution in [2.75, 3.05) is 32.1 Å². The minimum Gasteiger partial charge on any atom is -0.490 e. The van der Waals surface area contributed by atoms with Crippen LogP contribution in [0.3, 0.4) is 0 Å². The predicted octanol–water partition coefficient (Wildman–Crippen LogP) is 6.74. The summed E-state index contributed by atoms with van der Waals surface area (Å²) >= 11 is 8.40. The van der Waals surface area contributed by atoms with Gasteiger partial charge in [-0.05, 0) is 89.0 Å². The summed E-state index contributed by atoms with van der Waals surface area (Å²) in [5, 5.41) is 22.0. The molecule has 2 aromatic heterocycles. The van der Waals surface area contributed by atoms with Gasteiger partial charge in [-0.2, -0.15) is 0 Å². The number of ether oxygens (including phenoxy) is 3. The average Bonchev–Trinajstić information content (AvgIpc) is 3.79. The van der Waals surface area contributed by atoms with Crippen LogP contribution in [0.5, 0.6) is 11.5 Å². The van der Waals surface area contributed by atoms with E-state index in [1.54, 1.807) is 37.1 Å². The normalized spacial score (nSPS) is 28.7. The third-order valence-electron chi connectivity index (χ3n) is 13.0. The Morgan fingerprint density at radius 3 is 2.44 bits per heavy atom. The molecule has 19 heteroatoms. The maximum absolute atomic E-state index is 14.5. The SMILES string of the molecule is C=C(C)[C@H](NC(=O)O[C@@H]1C[C@@H]2C[C@@H]2C1)C(=O)N1C[C@H](Oc2cc(-c3csc(NC(C)C)n3)nc3c(Cl)c(OC[C@@H]4CC(F)(F)CN4C)ccc23)C[C@H]1C(=O)N[C@]1(C(=O)O)C[C@H]1CC. The van der Waals surface area contributed by atoms with Crippen LogP contribution in [0.1, 0.15) is 72.6 Å². The smallest absolute Gasteiger partial charge is 0.408 e. The van der Waals surface area contributed by atoms with E-state index in [1.165, 1.54) is 16.2 Å². The van der Waals surface area contributed by atoms with Crippen LogP contribution < -0.4 is 25.4 Å². The zero-order valence-electron chi connectivity index (χ0n) is 35.9. The Morgan fingerprint density at radius 2 is 1.81 bits per heavy atom. The fourth-order valence-corrected chi connectivity index (χ4v) is 10.6. The Bertz CT molecular complexity index is 2310. The predicted molar refractivity (Wildman–Crippen MR) is 232 cm³/mol. The van der Waals surface area contributed by atoms with E-state index in [0.717, 1.165) is 19.3 Å². The molecule has 63 heavy (non-hydrogen) atoms. The minimum absolute atomic E-state index is 0.0327. The summed E-state index contributed by atoms with van der Waals surface area (Å²) in [6.07, 6.45) is 1.28. The van der Waals surface area contributed by atoms with E-state index in [4.69, 9.17) is 35.8 Å². The number of nitrogens with zero attached hydrogens (tertiary/aromatic N) is 4. The lowest BCUT2D eigenvalue weighted by Crippen LogP contribution is -2.56. The summed E-state index contributed by atoms with van der Waals surface area (Å²) in [5.74, 6) is -3.88. The first-order valence-corrected chi connectivity index (χ1v) is 22.8. The molecule has 0 unspecified atom stereocenters. The van der Waals surface area contributed by atoms with Gasteiger partial charge in [0, 0.05) is 41.8 Å². The minimum atomic E-state index is -2.83. The molecule has 0 radical (unpaired) electrons. The molecular formula is C44H54ClF2N7O8S. The zero-order chi connectivity index (χ0) is 45.1. The first-order valence-electron chi connectivity index (χ1n) is 21.6. The first kappa shape index (κ1) is 44.8. The third kappa shape index (κ3) is 9.39. The second-order valence-electron chi connectivity index (χ2n) is 18.3. The Balaban J connectivity index is 1.09. The Hall–Kier alpha value is -4.81. The zero-order valence-corrected chi connectivity index (χ0v) is 37.5. The number of amides is 3. The molecule has 3 saturated carbocycles. The number of likely N-dealkylation sites (N-methyl/N-ethyl adjacent to an activating group) is 1. The van der Waals surface area contributed by atoms with Crippen molar-refractivity contribution in [2.45, 2.75) is 120 Å². The largest absolute Gasteiger partial charge is 0.490 e. The summed E-state index contributed by atoms with van der Waals surface area (Å²) in [6, 6.07) is 2.14. The van der Waals surface area contributed by atoms with Gasteiger partial charge in [0.2, 0.25) is 11.8 Å². The number of rotatable bonds is 16. The number of halogens is 3. The van der Waals surface area contributed by atoms with Gasteiger partial charge in [0.05, 0.1) is 24.3 Å². The van der Waals surface area contributed by atoms with Crippen LogP contribution in [0.4, 0.5) is 18.7 Å². The molecule has 2 aliphatic heterocycles. The number of fused-ring (bicyclic) bond motifs is 2. The highest BCUT2D eigenvalue weighted by Gasteiger charge is 2.61. The number of benzene rings is 1. The molecule has 9 atom stereocenters. The van der Waals surface area contributed by atoms with Crippen molar-refractivity contribution in [3.8, 4) is 22.9 Å². The standard InChI is InChI=1S/C44H54ClF2N7O8S/c1-7-25-15-44(25,40(57)58)52-38(55)32-13-28(17-54(32)39(56)36(21(2)3)51-42(59)62-27-11-23-10-24(23)12-27)61-34-14-30(31-19-63-41(50-31)48-22(4)5)49-37-29(34)8-9-33(35(37)45)60-18-26-16-43(46,47)20-53(26)6/h8-9,14,19,22-28,32,36H,2,7,10-13,15-18,20H2,1,3-6H3,(H,48,50)(H,51,59)(H,52,55)(H,57,58)/t23-,24+,25-,26+,27+,28-,32+,36+,44-/m1/s1. The van der Waals surface area contributed by atoms with Crippen LogP contribution in [-0.4, -0.2) is 123 Å². The van der Waals surface area contributed by atoms with Crippen molar-refractivity contribution >= 4 is 62.8 Å². The first-order chi connectivity index (χ1) is 29.8. The molecule has 3 amide bonds. The highest BCUT2D eigenvalue weighted by molar-refractivity contribution is 7.14. The van der Waals surface area contributed by atoms with Gasteiger partial charge in [0.1, 0.15) is 58.7 Å². The van der Waals surface area contributed by atoms with Crippen LogP contribution >= 0.6 is 22.9 Å². The maximum atomic E-state index is 14.5. The molecule has 0 spiro atoms. The number of hydrogen-bond acceptors (Lipinski definition) is 12. The Kier molecular flexibility index (Phi) is 12.3. The number of carboxylic acid groups (broad SMARTS) is 1. The molecule has 8 rings (SSSR count). The lowest BCUT2D eigenvalue weighted by molar-refractivity contribution is -0.145. The van der Waals surface area contributed by atoms with Crippen LogP contribution in [0.2, 0.25) is 5.02 Å². The quantitative estimate of drug-likeness (QED) is 0.111. The van der Waals surface area contributed by atoms with Crippen LogP contribution in [0.15, 0.2) is 35.7 Å². The maximum Gasteiger partial charge on any atom is 0.408 e. The van der Waals surface area contributed by atoms with E-state index in [1.807, 2.05) is 26.2 Å². The lowest BCUT2D eigenvalue weighted by atomic mass is 10.1. The number of nitrogens with one attached hydrogen (secondary N) is 3. The van der Waals surface area contributed by atoms with E-state index >= 15 is 0 Å². The lowest BCUT2D eigenvalue weighted by Gasteiger charge is -2.29. The number of aliphatic carboxylic acids is 1. The summed E-state index contributed by atoms with van der Waals surface area (Å²) in [5.41, 5.74) is 0.0382. The number of hydrogen-bond donors (Lipinski definition) is 4. The summed E-state index contributed by atoms with van der Waals surface area (Å²) in [6.45, 7) is 10.9. The highest BCUT2D eigenvalue weighted by Crippen LogP contribution is 2.52. The number of alkyl carbamates (subject to hydrolysis) is 1. The van der Waals surface area contributed by atoms with Crippen LogP contribution in [0.25, 0.3) is 22.3 Å². The summed E-state index contributed by atoms with van der Waals surface area (Å²) < 4.78 is 46.8. The number of pyridine rings is 1. The molecule has 5 aliphatic rings. The molecule has 340 valence electrons. The molecule has 3 aromatic rings. The Labute approximate surface area is 373 Å². The van der Waals surface area contributed by atoms with E-state index in [9.17, 15) is 33.1 Å². The number of aromatic nitrogens is 2. The molecule has 4 heterocycles. The number of carbonyl (C=O) groups is 4. The second-order valence-corrected chi connectivity index (χ2v) is 19.5. The van der Waals surface area contributed by atoms with Gasteiger partial charge in [-0.3, -0.25) is 14.5 Å². The van der Waals surface area contributed by atoms with Crippen LogP contribution in [-0.2, 0) is 19.1 Å². The highest BCUT2D eigenvalue weighted by atomic mass is 35.5. The fourth-order valence-electron chi connectivity index (χ4n) is 9.45. The topological polar surface area (TPSA) is 185 Å². The Morgan fingerprint density at radius 1 is 1.06 bits per heavy atom. The van der Waals surface area contributed by atoms with Gasteiger partial charge in [-0.25, -0.2) is 28.3 Å². The molecule has 2 saturated heterocycles. The number of alkyl halides is 2.